The fraction of sp³-hybridized carbons (Fsp3) is 0.409. The first-order valence-electron chi connectivity index (χ1n) is 9.74. The maximum absolute atomic E-state index is 12.5. The Balaban J connectivity index is 1.38. The summed E-state index contributed by atoms with van der Waals surface area (Å²) in [5, 5.41) is 2.98. The van der Waals surface area contributed by atoms with Crippen LogP contribution < -0.4 is 10.1 Å². The minimum Gasteiger partial charge on any atom is -0.497 e. The monoisotopic (exact) mass is 381 g/mol. The van der Waals surface area contributed by atoms with E-state index in [0.717, 1.165) is 43.7 Å². The van der Waals surface area contributed by atoms with Crippen molar-refractivity contribution in [3.8, 4) is 5.75 Å². The van der Waals surface area contributed by atoms with Gasteiger partial charge < -0.3 is 15.0 Å². The number of nitrogens with zero attached hydrogens (tertiary/aromatic N) is 2. The van der Waals surface area contributed by atoms with Gasteiger partial charge in [0.25, 0.3) is 5.91 Å². The summed E-state index contributed by atoms with van der Waals surface area (Å²) < 4.78 is 5.23. The second-order valence-electron chi connectivity index (χ2n) is 7.13. The van der Waals surface area contributed by atoms with Crippen LogP contribution in [0.1, 0.15) is 35.2 Å². The number of nitrogens with one attached hydrogen (secondary N) is 1. The maximum atomic E-state index is 12.5. The van der Waals surface area contributed by atoms with Gasteiger partial charge in [-0.2, -0.15) is 0 Å². The molecule has 0 radical (unpaired) electrons. The predicted molar refractivity (Wildman–Crippen MR) is 107 cm³/mol. The van der Waals surface area contributed by atoms with Crippen LogP contribution in [0.15, 0.2) is 48.8 Å². The molecule has 0 unspecified atom stereocenters. The van der Waals surface area contributed by atoms with E-state index in [2.05, 4.69) is 10.3 Å². The van der Waals surface area contributed by atoms with Crippen molar-refractivity contribution >= 4 is 11.8 Å². The Kier molecular flexibility index (Phi) is 7.00. The Hall–Kier alpha value is -2.89. The van der Waals surface area contributed by atoms with Crippen LogP contribution in [0, 0.1) is 5.92 Å². The molecular weight excluding hydrogens is 354 g/mol. The second kappa shape index (κ2) is 9.88. The van der Waals surface area contributed by atoms with Crippen LogP contribution in [-0.2, 0) is 11.2 Å². The molecule has 148 valence electrons. The molecule has 0 atom stereocenters. The maximum Gasteiger partial charge on any atom is 0.252 e. The van der Waals surface area contributed by atoms with Crippen molar-refractivity contribution in [2.45, 2.75) is 25.7 Å². The third-order valence-corrected chi connectivity index (χ3v) is 5.20. The smallest absolute Gasteiger partial charge is 0.252 e. The van der Waals surface area contributed by atoms with Gasteiger partial charge in [-0.15, -0.1) is 0 Å². The number of likely N-dealkylation sites (tertiary alicyclic amines) is 1. The van der Waals surface area contributed by atoms with Crippen LogP contribution in [0.2, 0.25) is 0 Å². The molecule has 0 saturated carbocycles. The van der Waals surface area contributed by atoms with E-state index in [0.29, 0.717) is 24.4 Å². The van der Waals surface area contributed by atoms with Gasteiger partial charge in [-0.1, -0.05) is 12.1 Å². The number of carbonyl (C=O) groups excluding carboxylic acids is 2. The Labute approximate surface area is 165 Å². The van der Waals surface area contributed by atoms with Crippen LogP contribution in [0.3, 0.4) is 0 Å². The first-order valence-corrected chi connectivity index (χ1v) is 9.74. The van der Waals surface area contributed by atoms with E-state index in [1.165, 1.54) is 0 Å². The number of hydrogen-bond donors (Lipinski definition) is 1. The van der Waals surface area contributed by atoms with Crippen molar-refractivity contribution in [2.75, 3.05) is 26.7 Å². The summed E-state index contributed by atoms with van der Waals surface area (Å²) in [5.74, 6) is 1.33. The molecule has 3 rings (SSSR count). The summed E-state index contributed by atoms with van der Waals surface area (Å²) in [6.07, 6.45) is 6.28. The molecule has 0 spiro atoms. The number of carbonyl (C=O) groups is 2. The van der Waals surface area contributed by atoms with Crippen LogP contribution in [-0.4, -0.2) is 48.4 Å². The van der Waals surface area contributed by atoms with Crippen LogP contribution >= 0.6 is 0 Å². The minimum atomic E-state index is -0.0927. The average Bonchev–Trinajstić information content (AvgIpc) is 2.77. The van der Waals surface area contributed by atoms with E-state index in [4.69, 9.17) is 4.74 Å². The van der Waals surface area contributed by atoms with Crippen molar-refractivity contribution in [2.24, 2.45) is 5.92 Å². The highest BCUT2D eigenvalue weighted by Crippen LogP contribution is 2.19. The van der Waals surface area contributed by atoms with Gasteiger partial charge in [-0.05, 0) is 55.0 Å². The zero-order chi connectivity index (χ0) is 19.8. The molecule has 1 aliphatic heterocycles. The molecule has 1 aliphatic rings. The largest absolute Gasteiger partial charge is 0.497 e. The number of hydrogen-bond acceptors (Lipinski definition) is 4. The summed E-state index contributed by atoms with van der Waals surface area (Å²) in [6.45, 7) is 2.15. The molecule has 1 N–H and O–H groups in total. The summed E-state index contributed by atoms with van der Waals surface area (Å²) in [5.41, 5.74) is 1.69. The summed E-state index contributed by atoms with van der Waals surface area (Å²) in [7, 11) is 1.65. The molecule has 6 nitrogen and oxygen atoms in total. The highest BCUT2D eigenvalue weighted by molar-refractivity contribution is 5.93. The molecule has 6 heteroatoms. The number of benzene rings is 1. The molecule has 0 bridgehead atoms. The van der Waals surface area contributed by atoms with Gasteiger partial charge in [0.1, 0.15) is 5.75 Å². The Morgan fingerprint density at radius 1 is 1.21 bits per heavy atom. The molecule has 1 aromatic carbocycles. The van der Waals surface area contributed by atoms with E-state index in [1.54, 1.807) is 31.6 Å². The molecular formula is C22H27N3O3. The zero-order valence-corrected chi connectivity index (χ0v) is 16.3. The van der Waals surface area contributed by atoms with Crippen molar-refractivity contribution in [1.29, 1.82) is 0 Å². The third-order valence-electron chi connectivity index (χ3n) is 5.20. The average molecular weight is 381 g/mol. The number of ether oxygens (including phenoxy) is 1. The van der Waals surface area contributed by atoms with E-state index in [1.807, 2.05) is 29.2 Å². The summed E-state index contributed by atoms with van der Waals surface area (Å²) >= 11 is 0. The van der Waals surface area contributed by atoms with Gasteiger partial charge in [-0.3, -0.25) is 14.6 Å². The lowest BCUT2D eigenvalue weighted by Crippen LogP contribution is -2.41. The summed E-state index contributed by atoms with van der Waals surface area (Å²) in [4.78, 5) is 30.5. The highest BCUT2D eigenvalue weighted by Gasteiger charge is 2.23. The van der Waals surface area contributed by atoms with E-state index in [-0.39, 0.29) is 11.8 Å². The molecule has 2 heterocycles. The van der Waals surface area contributed by atoms with Crippen molar-refractivity contribution < 1.29 is 14.3 Å². The highest BCUT2D eigenvalue weighted by atomic mass is 16.5. The normalized spacial score (nSPS) is 14.5. The molecule has 2 aromatic rings. The third kappa shape index (κ3) is 5.55. The minimum absolute atomic E-state index is 0.0927. The van der Waals surface area contributed by atoms with Gasteiger partial charge in [0, 0.05) is 38.4 Å². The number of aromatic nitrogens is 1. The van der Waals surface area contributed by atoms with Gasteiger partial charge >= 0.3 is 0 Å². The Morgan fingerprint density at radius 3 is 2.75 bits per heavy atom. The van der Waals surface area contributed by atoms with Crippen LogP contribution in [0.25, 0.3) is 0 Å². The summed E-state index contributed by atoms with van der Waals surface area (Å²) in [6, 6.07) is 11.4. The predicted octanol–water partition coefficient (Wildman–Crippen LogP) is 2.69. The molecule has 28 heavy (non-hydrogen) atoms. The molecule has 2 amide bonds. The van der Waals surface area contributed by atoms with Crippen molar-refractivity contribution in [1.82, 2.24) is 15.2 Å². The quantitative estimate of drug-likeness (QED) is 0.800. The van der Waals surface area contributed by atoms with Crippen molar-refractivity contribution in [3.63, 3.8) is 0 Å². The van der Waals surface area contributed by atoms with Gasteiger partial charge in [-0.25, -0.2) is 0 Å². The number of pyridine rings is 1. The van der Waals surface area contributed by atoms with Crippen molar-refractivity contribution in [3.05, 3.63) is 59.9 Å². The fourth-order valence-electron chi connectivity index (χ4n) is 3.46. The lowest BCUT2D eigenvalue weighted by Gasteiger charge is -2.32. The lowest BCUT2D eigenvalue weighted by molar-refractivity contribution is -0.132. The van der Waals surface area contributed by atoms with E-state index >= 15 is 0 Å². The standard InChI is InChI=1S/C22H27N3O3/c1-28-20-6-2-4-17(14-20)7-8-21(26)25-12-9-18(10-13-25)15-24-22(27)19-5-3-11-23-16-19/h2-6,11,14,16,18H,7-10,12-13,15H2,1H3,(H,24,27). The number of methoxy groups -OCH3 is 1. The van der Waals surface area contributed by atoms with Crippen LogP contribution in [0.5, 0.6) is 5.75 Å². The topological polar surface area (TPSA) is 71.5 Å². The number of aryl methyl sites for hydroxylation is 1. The molecule has 1 saturated heterocycles. The van der Waals surface area contributed by atoms with E-state index in [9.17, 15) is 9.59 Å². The molecule has 1 aromatic heterocycles. The van der Waals surface area contributed by atoms with Gasteiger partial charge in [0.15, 0.2) is 0 Å². The number of piperidine rings is 1. The fourth-order valence-corrected chi connectivity index (χ4v) is 3.46. The lowest BCUT2D eigenvalue weighted by atomic mass is 9.96. The number of amides is 2. The first-order chi connectivity index (χ1) is 13.7. The first kappa shape index (κ1) is 19.9. The Bertz CT molecular complexity index is 787. The number of rotatable bonds is 7. The SMILES string of the molecule is COc1cccc(CCC(=O)N2CCC(CNC(=O)c3cccnc3)CC2)c1. The van der Waals surface area contributed by atoms with E-state index < -0.39 is 0 Å². The van der Waals surface area contributed by atoms with Gasteiger partial charge in [0.2, 0.25) is 5.91 Å². The Morgan fingerprint density at radius 2 is 2.04 bits per heavy atom. The van der Waals surface area contributed by atoms with Crippen LogP contribution in [0.4, 0.5) is 0 Å². The molecule has 1 fully saturated rings. The van der Waals surface area contributed by atoms with Gasteiger partial charge in [0.05, 0.1) is 12.7 Å². The zero-order valence-electron chi connectivity index (χ0n) is 16.3. The second-order valence-corrected chi connectivity index (χ2v) is 7.13. The molecule has 0 aliphatic carbocycles.